The van der Waals surface area contributed by atoms with Crippen molar-refractivity contribution in [1.82, 2.24) is 15.2 Å². The molecule has 0 radical (unpaired) electrons. The lowest BCUT2D eigenvalue weighted by Gasteiger charge is -2.25. The first kappa shape index (κ1) is 27.4. The van der Waals surface area contributed by atoms with Crippen LogP contribution in [0.2, 0.25) is 5.02 Å². The molecule has 0 atom stereocenters. The number of nitrogens with one attached hydrogen (secondary N) is 2. The van der Waals surface area contributed by atoms with Gasteiger partial charge in [0.2, 0.25) is 5.91 Å². The number of rotatable bonds is 8. The predicted molar refractivity (Wildman–Crippen MR) is 143 cm³/mol. The topological polar surface area (TPSA) is 103 Å². The van der Waals surface area contributed by atoms with Crippen molar-refractivity contribution in [2.24, 2.45) is 5.41 Å². The van der Waals surface area contributed by atoms with E-state index < -0.39 is 17.0 Å². The quantitative estimate of drug-likeness (QED) is 0.240. The minimum atomic E-state index is -0.616. The third-order valence-electron chi connectivity index (χ3n) is 5.18. The number of nitrogens with zero attached hydrogens (tertiary/aromatic N) is 1. The number of aromatic nitrogens is 1. The van der Waals surface area contributed by atoms with E-state index in [-0.39, 0.29) is 18.9 Å². The summed E-state index contributed by atoms with van der Waals surface area (Å²) in [7, 11) is 0. The Kier molecular flexibility index (Phi) is 8.26. The lowest BCUT2D eigenvalue weighted by atomic mass is 9.89. The molecule has 8 nitrogen and oxygen atoms in total. The highest BCUT2D eigenvalue weighted by Crippen LogP contribution is 2.31. The van der Waals surface area contributed by atoms with Gasteiger partial charge in [-0.3, -0.25) is 19.0 Å². The van der Waals surface area contributed by atoms with E-state index in [1.54, 1.807) is 43.5 Å². The Morgan fingerprint density at radius 2 is 1.78 bits per heavy atom. The van der Waals surface area contributed by atoms with E-state index in [0.717, 1.165) is 5.56 Å². The molecule has 10 heteroatoms. The second-order valence-electron chi connectivity index (χ2n) is 10.3. The standard InChI is InChI=1S/C26H30ClN3O5S/c1-25(2,3)35-23(33)13-28-22(32)12-26(4,5)15-29-24(36)30-18(14-31)10-21-19(30)11-20(34-21)16-6-8-17(27)9-7-16/h6-11,14H,12-13,15H2,1-5H3,(H,28,32)(H,29,36). The van der Waals surface area contributed by atoms with E-state index in [1.165, 1.54) is 0 Å². The monoisotopic (exact) mass is 531 g/mol. The van der Waals surface area contributed by atoms with Gasteiger partial charge in [0.05, 0.1) is 11.2 Å². The van der Waals surface area contributed by atoms with E-state index in [9.17, 15) is 14.4 Å². The van der Waals surface area contributed by atoms with Crippen LogP contribution in [-0.2, 0) is 14.3 Å². The van der Waals surface area contributed by atoms with Gasteiger partial charge in [-0.05, 0) is 62.7 Å². The Bertz CT molecular complexity index is 1290. The number of benzene rings is 1. The van der Waals surface area contributed by atoms with Crippen LogP contribution in [-0.4, -0.2) is 46.5 Å². The smallest absolute Gasteiger partial charge is 0.325 e. The second kappa shape index (κ2) is 10.8. The van der Waals surface area contributed by atoms with Crippen LogP contribution >= 0.6 is 23.8 Å². The number of hydrogen-bond acceptors (Lipinski definition) is 6. The molecule has 36 heavy (non-hydrogen) atoms. The molecule has 0 unspecified atom stereocenters. The highest BCUT2D eigenvalue weighted by atomic mass is 35.5. The number of halogens is 1. The van der Waals surface area contributed by atoms with Gasteiger partial charge in [-0.2, -0.15) is 0 Å². The molecular formula is C26H30ClN3O5S. The number of carbonyl (C=O) groups is 3. The SMILES string of the molecule is CC(C)(CNC(=S)n1c(C=O)cc2oc(-c3ccc(Cl)cc3)cc21)CC(=O)NCC(=O)OC(C)(C)C. The lowest BCUT2D eigenvalue weighted by molar-refractivity contribution is -0.154. The molecule has 0 aliphatic rings. The number of hydrogen-bond donors (Lipinski definition) is 2. The Morgan fingerprint density at radius 3 is 2.39 bits per heavy atom. The van der Waals surface area contributed by atoms with Gasteiger partial charge in [-0.15, -0.1) is 0 Å². The summed E-state index contributed by atoms with van der Waals surface area (Å²) < 4.78 is 12.8. The van der Waals surface area contributed by atoms with Gasteiger partial charge in [0.15, 0.2) is 17.0 Å². The molecule has 2 aromatic heterocycles. The number of ether oxygens (including phenoxy) is 1. The van der Waals surface area contributed by atoms with Crippen LogP contribution in [0.1, 0.15) is 51.5 Å². The Hall–Kier alpha value is -3.17. The van der Waals surface area contributed by atoms with Crippen LogP contribution in [0.5, 0.6) is 0 Å². The predicted octanol–water partition coefficient (Wildman–Crippen LogP) is 4.96. The number of amides is 1. The molecule has 0 fully saturated rings. The molecule has 2 heterocycles. The van der Waals surface area contributed by atoms with Crippen molar-refractivity contribution in [3.05, 3.63) is 47.1 Å². The normalized spacial score (nSPS) is 11.8. The summed E-state index contributed by atoms with van der Waals surface area (Å²) in [6.45, 7) is 9.25. The minimum Gasteiger partial charge on any atom is -0.459 e. The first-order valence-corrected chi connectivity index (χ1v) is 12.2. The van der Waals surface area contributed by atoms with Gasteiger partial charge in [0, 0.05) is 35.7 Å². The van der Waals surface area contributed by atoms with E-state index in [2.05, 4.69) is 10.6 Å². The van der Waals surface area contributed by atoms with E-state index >= 15 is 0 Å². The van der Waals surface area contributed by atoms with Crippen LogP contribution in [0.4, 0.5) is 0 Å². The molecule has 0 saturated carbocycles. The van der Waals surface area contributed by atoms with Crippen LogP contribution in [0.3, 0.4) is 0 Å². The number of furan rings is 1. The van der Waals surface area contributed by atoms with Crippen molar-refractivity contribution in [2.45, 2.75) is 46.6 Å². The van der Waals surface area contributed by atoms with Crippen molar-refractivity contribution < 1.29 is 23.5 Å². The summed E-state index contributed by atoms with van der Waals surface area (Å²) in [6.07, 6.45) is 0.861. The highest BCUT2D eigenvalue weighted by Gasteiger charge is 2.25. The van der Waals surface area contributed by atoms with Crippen LogP contribution in [0.25, 0.3) is 22.4 Å². The molecule has 2 N–H and O–H groups in total. The van der Waals surface area contributed by atoms with Gasteiger partial charge in [-0.25, -0.2) is 0 Å². The van der Waals surface area contributed by atoms with Gasteiger partial charge in [-0.1, -0.05) is 25.4 Å². The van der Waals surface area contributed by atoms with Crippen molar-refractivity contribution in [3.63, 3.8) is 0 Å². The van der Waals surface area contributed by atoms with E-state index in [4.69, 9.17) is 33.0 Å². The minimum absolute atomic E-state index is 0.152. The van der Waals surface area contributed by atoms with E-state index in [1.807, 2.05) is 32.0 Å². The molecule has 0 aliphatic carbocycles. The molecule has 1 amide bonds. The molecular weight excluding hydrogens is 502 g/mol. The van der Waals surface area contributed by atoms with Crippen LogP contribution in [0.15, 0.2) is 40.8 Å². The van der Waals surface area contributed by atoms with Crippen LogP contribution in [0, 0.1) is 5.41 Å². The van der Waals surface area contributed by atoms with Crippen molar-refractivity contribution >= 4 is 58.2 Å². The largest absolute Gasteiger partial charge is 0.459 e. The average molecular weight is 532 g/mol. The molecule has 192 valence electrons. The summed E-state index contributed by atoms with van der Waals surface area (Å²) in [5.74, 6) is -0.158. The highest BCUT2D eigenvalue weighted by molar-refractivity contribution is 7.80. The number of fused-ring (bicyclic) bond motifs is 1. The maximum atomic E-state index is 12.4. The van der Waals surface area contributed by atoms with Gasteiger partial charge < -0.3 is 19.8 Å². The zero-order valence-corrected chi connectivity index (χ0v) is 22.5. The number of esters is 1. The molecule has 0 aliphatic heterocycles. The van der Waals surface area contributed by atoms with Crippen LogP contribution < -0.4 is 10.6 Å². The van der Waals surface area contributed by atoms with Gasteiger partial charge >= 0.3 is 5.97 Å². The molecule has 3 rings (SSSR count). The molecule has 0 saturated heterocycles. The molecule has 0 bridgehead atoms. The lowest BCUT2D eigenvalue weighted by Crippen LogP contribution is -2.41. The fraction of sp³-hybridized carbons (Fsp3) is 0.385. The summed E-state index contributed by atoms with van der Waals surface area (Å²) in [4.78, 5) is 35.9. The Balaban J connectivity index is 1.65. The zero-order chi connectivity index (χ0) is 26.7. The third kappa shape index (κ3) is 7.18. The maximum absolute atomic E-state index is 12.4. The molecule has 0 spiro atoms. The third-order valence-corrected chi connectivity index (χ3v) is 5.76. The number of carbonyl (C=O) groups excluding carboxylic acids is 3. The second-order valence-corrected chi connectivity index (χ2v) is 11.1. The number of thiocarbonyl (C=S) groups is 1. The van der Waals surface area contributed by atoms with E-state index in [0.29, 0.717) is 45.5 Å². The first-order valence-electron chi connectivity index (χ1n) is 11.4. The van der Waals surface area contributed by atoms with Crippen molar-refractivity contribution in [3.8, 4) is 11.3 Å². The maximum Gasteiger partial charge on any atom is 0.325 e. The summed E-state index contributed by atoms with van der Waals surface area (Å²) in [6, 6.07) is 10.7. The van der Waals surface area contributed by atoms with Crippen molar-refractivity contribution in [2.75, 3.05) is 13.1 Å². The summed E-state index contributed by atoms with van der Waals surface area (Å²) >= 11 is 11.6. The summed E-state index contributed by atoms with van der Waals surface area (Å²) in [5.41, 5.74) is 1.24. The van der Waals surface area contributed by atoms with Crippen molar-refractivity contribution in [1.29, 1.82) is 0 Å². The zero-order valence-electron chi connectivity index (χ0n) is 20.9. The van der Waals surface area contributed by atoms with Gasteiger partial charge in [0.1, 0.15) is 17.9 Å². The molecule has 1 aromatic carbocycles. The van der Waals surface area contributed by atoms with Gasteiger partial charge in [0.25, 0.3) is 0 Å². The summed E-state index contributed by atoms with van der Waals surface area (Å²) in [5, 5.41) is 6.67. The number of aldehydes is 1. The fourth-order valence-electron chi connectivity index (χ4n) is 3.58. The fourth-order valence-corrected chi connectivity index (χ4v) is 3.99. The Labute approximate surface area is 220 Å². The molecule has 3 aromatic rings. The average Bonchev–Trinajstić information content (AvgIpc) is 3.33. The first-order chi connectivity index (χ1) is 16.8. The Morgan fingerprint density at radius 1 is 1.11 bits per heavy atom.